The van der Waals surface area contributed by atoms with E-state index in [9.17, 15) is 18.0 Å². The minimum Gasteiger partial charge on any atom is -0.378 e. The predicted molar refractivity (Wildman–Crippen MR) is 111 cm³/mol. The SMILES string of the molecule is CC1CC(Nc2ccc(F)cc2)c2cc(F)ccc2N1C(=O)c1ccc(F)c(Cl)c1. The number of amides is 1. The second-order valence-electron chi connectivity index (χ2n) is 7.30. The molecule has 4 rings (SSSR count). The van der Waals surface area contributed by atoms with Crippen LogP contribution in [0.5, 0.6) is 0 Å². The van der Waals surface area contributed by atoms with Crippen molar-refractivity contribution in [1.82, 2.24) is 0 Å². The van der Waals surface area contributed by atoms with Gasteiger partial charge >= 0.3 is 0 Å². The summed E-state index contributed by atoms with van der Waals surface area (Å²) in [4.78, 5) is 14.8. The van der Waals surface area contributed by atoms with E-state index in [2.05, 4.69) is 5.32 Å². The summed E-state index contributed by atoms with van der Waals surface area (Å²) in [6.07, 6.45) is 0.495. The van der Waals surface area contributed by atoms with E-state index in [-0.39, 0.29) is 34.4 Å². The van der Waals surface area contributed by atoms with E-state index >= 15 is 0 Å². The number of nitrogens with one attached hydrogen (secondary N) is 1. The van der Waals surface area contributed by atoms with Gasteiger partial charge in [0.2, 0.25) is 0 Å². The van der Waals surface area contributed by atoms with Gasteiger partial charge in [-0.3, -0.25) is 4.79 Å². The molecule has 0 aromatic heterocycles. The summed E-state index contributed by atoms with van der Waals surface area (Å²) in [5.41, 5.74) is 2.10. The Balaban J connectivity index is 1.71. The third kappa shape index (κ3) is 3.87. The molecule has 0 fully saturated rings. The predicted octanol–water partition coefficient (Wildman–Crippen LogP) is 6.35. The fourth-order valence-corrected chi connectivity index (χ4v) is 3.98. The van der Waals surface area contributed by atoms with Crippen LogP contribution in [0.3, 0.4) is 0 Å². The van der Waals surface area contributed by atoms with Gasteiger partial charge in [-0.2, -0.15) is 0 Å². The molecule has 7 heteroatoms. The topological polar surface area (TPSA) is 32.3 Å². The van der Waals surface area contributed by atoms with E-state index < -0.39 is 11.6 Å². The van der Waals surface area contributed by atoms with E-state index in [1.807, 2.05) is 6.92 Å². The average Bonchev–Trinajstić information content (AvgIpc) is 2.72. The van der Waals surface area contributed by atoms with Crippen molar-refractivity contribution >= 4 is 28.9 Å². The lowest BCUT2D eigenvalue weighted by Gasteiger charge is -2.40. The highest BCUT2D eigenvalue weighted by Crippen LogP contribution is 2.40. The van der Waals surface area contributed by atoms with Crippen molar-refractivity contribution in [2.24, 2.45) is 0 Å². The van der Waals surface area contributed by atoms with Crippen LogP contribution in [-0.4, -0.2) is 11.9 Å². The summed E-state index contributed by atoms with van der Waals surface area (Å²) in [5.74, 6) is -1.73. The van der Waals surface area contributed by atoms with Crippen LogP contribution in [0.4, 0.5) is 24.5 Å². The van der Waals surface area contributed by atoms with Gasteiger partial charge in [0.25, 0.3) is 5.91 Å². The molecule has 0 aliphatic carbocycles. The van der Waals surface area contributed by atoms with Crippen molar-refractivity contribution in [2.75, 3.05) is 10.2 Å². The van der Waals surface area contributed by atoms with E-state index in [0.29, 0.717) is 23.4 Å². The van der Waals surface area contributed by atoms with E-state index in [1.165, 1.54) is 36.4 Å². The molecule has 0 spiro atoms. The van der Waals surface area contributed by atoms with Crippen LogP contribution in [0.2, 0.25) is 5.02 Å². The minimum atomic E-state index is -0.606. The molecule has 2 atom stereocenters. The Kier molecular flexibility index (Phi) is 5.43. The van der Waals surface area contributed by atoms with Crippen molar-refractivity contribution in [3.05, 3.63) is 94.3 Å². The molecule has 1 N–H and O–H groups in total. The molecule has 0 bridgehead atoms. The van der Waals surface area contributed by atoms with Gasteiger partial charge < -0.3 is 10.2 Å². The molecule has 1 aliphatic rings. The Labute approximate surface area is 177 Å². The van der Waals surface area contributed by atoms with Crippen molar-refractivity contribution in [1.29, 1.82) is 0 Å². The quantitative estimate of drug-likeness (QED) is 0.525. The largest absolute Gasteiger partial charge is 0.378 e. The van der Waals surface area contributed by atoms with Crippen molar-refractivity contribution in [3.63, 3.8) is 0 Å². The molecular weight excluding hydrogens is 413 g/mol. The Bertz CT molecular complexity index is 1100. The Morgan fingerprint density at radius 1 is 1.00 bits per heavy atom. The first-order valence-electron chi connectivity index (χ1n) is 9.43. The van der Waals surface area contributed by atoms with Gasteiger partial charge in [-0.05, 0) is 74.0 Å². The molecule has 154 valence electrons. The lowest BCUT2D eigenvalue weighted by Crippen LogP contribution is -2.44. The number of anilines is 2. The average molecular weight is 431 g/mol. The van der Waals surface area contributed by atoms with Gasteiger partial charge in [0, 0.05) is 28.5 Å². The number of hydrogen-bond donors (Lipinski definition) is 1. The Hall–Kier alpha value is -2.99. The summed E-state index contributed by atoms with van der Waals surface area (Å²) < 4.78 is 40.8. The highest BCUT2D eigenvalue weighted by Gasteiger charge is 2.34. The third-order valence-electron chi connectivity index (χ3n) is 5.21. The number of nitrogens with zero attached hydrogens (tertiary/aromatic N) is 1. The maximum atomic E-state index is 14.1. The van der Waals surface area contributed by atoms with Crippen LogP contribution in [0.1, 0.15) is 35.3 Å². The molecule has 30 heavy (non-hydrogen) atoms. The van der Waals surface area contributed by atoms with Gasteiger partial charge in [-0.15, -0.1) is 0 Å². The third-order valence-corrected chi connectivity index (χ3v) is 5.50. The smallest absolute Gasteiger partial charge is 0.258 e. The van der Waals surface area contributed by atoms with Crippen LogP contribution < -0.4 is 10.2 Å². The molecule has 3 aromatic carbocycles. The van der Waals surface area contributed by atoms with Gasteiger partial charge in [0.1, 0.15) is 17.5 Å². The molecular formula is C23H18ClF3N2O. The number of fused-ring (bicyclic) bond motifs is 1. The van der Waals surface area contributed by atoms with Crippen LogP contribution in [0.15, 0.2) is 60.7 Å². The van der Waals surface area contributed by atoms with Crippen molar-refractivity contribution in [2.45, 2.75) is 25.4 Å². The number of carbonyl (C=O) groups is 1. The molecule has 1 amide bonds. The number of rotatable bonds is 3. The van der Waals surface area contributed by atoms with E-state index in [1.54, 1.807) is 23.1 Å². The van der Waals surface area contributed by atoms with Crippen molar-refractivity contribution in [3.8, 4) is 0 Å². The first-order valence-corrected chi connectivity index (χ1v) is 9.81. The lowest BCUT2D eigenvalue weighted by atomic mass is 9.90. The lowest BCUT2D eigenvalue weighted by molar-refractivity contribution is 0.0974. The molecule has 0 saturated heterocycles. The van der Waals surface area contributed by atoms with Crippen LogP contribution in [0.25, 0.3) is 0 Å². The zero-order chi connectivity index (χ0) is 21.4. The fraction of sp³-hybridized carbons (Fsp3) is 0.174. The summed E-state index contributed by atoms with van der Waals surface area (Å²) in [6.45, 7) is 1.88. The highest BCUT2D eigenvalue weighted by atomic mass is 35.5. The maximum absolute atomic E-state index is 14.1. The highest BCUT2D eigenvalue weighted by molar-refractivity contribution is 6.31. The second-order valence-corrected chi connectivity index (χ2v) is 7.70. The van der Waals surface area contributed by atoms with Gasteiger partial charge in [-0.25, -0.2) is 13.2 Å². The number of halogens is 4. The zero-order valence-corrected chi connectivity index (χ0v) is 16.8. The summed E-state index contributed by atoms with van der Waals surface area (Å²) in [7, 11) is 0. The fourth-order valence-electron chi connectivity index (χ4n) is 3.80. The zero-order valence-electron chi connectivity index (χ0n) is 16.0. The number of benzene rings is 3. The molecule has 2 unspecified atom stereocenters. The molecule has 3 aromatic rings. The first kappa shape index (κ1) is 20.3. The van der Waals surface area contributed by atoms with Crippen LogP contribution >= 0.6 is 11.6 Å². The summed E-state index contributed by atoms with van der Waals surface area (Å²) in [6, 6.07) is 13.4. The Morgan fingerprint density at radius 2 is 1.70 bits per heavy atom. The molecule has 1 aliphatic heterocycles. The molecule has 0 saturated carbocycles. The summed E-state index contributed by atoms with van der Waals surface area (Å²) in [5, 5.41) is 3.16. The monoisotopic (exact) mass is 430 g/mol. The normalized spacial score (nSPS) is 18.1. The molecule has 1 heterocycles. The van der Waals surface area contributed by atoms with E-state index in [0.717, 1.165) is 6.07 Å². The number of hydrogen-bond acceptors (Lipinski definition) is 2. The summed E-state index contributed by atoms with van der Waals surface area (Å²) >= 11 is 5.85. The molecule has 0 radical (unpaired) electrons. The Morgan fingerprint density at radius 3 is 2.40 bits per heavy atom. The van der Waals surface area contributed by atoms with Gasteiger partial charge in [0.05, 0.1) is 11.1 Å². The maximum Gasteiger partial charge on any atom is 0.258 e. The number of carbonyl (C=O) groups excluding carboxylic acids is 1. The standard InChI is InChI=1S/C23H18ClF3N2O/c1-13-10-21(28-17-6-3-15(25)4-7-17)18-12-16(26)5-9-22(18)29(13)23(30)14-2-8-20(27)19(24)11-14/h2-9,11-13,21,28H,10H2,1H3. The van der Waals surface area contributed by atoms with Crippen molar-refractivity contribution < 1.29 is 18.0 Å². The van der Waals surface area contributed by atoms with E-state index in [4.69, 9.17) is 11.6 Å². The molecule has 3 nitrogen and oxygen atoms in total. The first-order chi connectivity index (χ1) is 14.3. The van der Waals surface area contributed by atoms with Gasteiger partial charge in [0.15, 0.2) is 0 Å². The minimum absolute atomic E-state index is 0.138. The van der Waals surface area contributed by atoms with Crippen LogP contribution in [-0.2, 0) is 0 Å². The second kappa shape index (κ2) is 8.03. The van der Waals surface area contributed by atoms with Crippen LogP contribution in [0, 0.1) is 17.5 Å². The van der Waals surface area contributed by atoms with Gasteiger partial charge in [-0.1, -0.05) is 11.6 Å².